The molecule has 6 heteroatoms. The van der Waals surface area contributed by atoms with E-state index in [0.29, 0.717) is 6.54 Å². The molecular formula is C17H15N5S. The van der Waals surface area contributed by atoms with Crippen molar-refractivity contribution < 1.29 is 0 Å². The van der Waals surface area contributed by atoms with Gasteiger partial charge in [0.15, 0.2) is 4.96 Å². The summed E-state index contributed by atoms with van der Waals surface area (Å²) in [4.78, 5) is 14.1. The second-order valence-corrected chi connectivity index (χ2v) is 6.00. The first-order chi connectivity index (χ1) is 11.4. The van der Waals surface area contributed by atoms with Crippen LogP contribution in [0.4, 0.5) is 0 Å². The Labute approximate surface area is 137 Å². The second kappa shape index (κ2) is 5.91. The highest BCUT2D eigenvalue weighted by atomic mass is 32.1. The molecule has 23 heavy (non-hydrogen) atoms. The van der Waals surface area contributed by atoms with Gasteiger partial charge in [-0.25, -0.2) is 4.98 Å². The van der Waals surface area contributed by atoms with Gasteiger partial charge in [0.1, 0.15) is 0 Å². The summed E-state index contributed by atoms with van der Waals surface area (Å²) >= 11 is 1.63. The van der Waals surface area contributed by atoms with Crippen molar-refractivity contribution in [3.8, 4) is 22.5 Å². The van der Waals surface area contributed by atoms with Gasteiger partial charge >= 0.3 is 0 Å². The minimum atomic E-state index is 0.578. The Balaban J connectivity index is 1.97. The zero-order valence-corrected chi connectivity index (χ0v) is 13.2. The fourth-order valence-corrected chi connectivity index (χ4v) is 3.66. The van der Waals surface area contributed by atoms with Crippen LogP contribution in [0, 0.1) is 0 Å². The largest absolute Gasteiger partial charge is 0.330 e. The molecule has 5 nitrogen and oxygen atoms in total. The average molecular weight is 321 g/mol. The van der Waals surface area contributed by atoms with Gasteiger partial charge in [-0.05, 0) is 30.8 Å². The molecule has 114 valence electrons. The summed E-state index contributed by atoms with van der Waals surface area (Å²) in [7, 11) is 0. The monoisotopic (exact) mass is 321 g/mol. The summed E-state index contributed by atoms with van der Waals surface area (Å²) in [6.45, 7) is 0.578. The van der Waals surface area contributed by atoms with E-state index < -0.39 is 0 Å². The first kappa shape index (κ1) is 14.0. The smallest absolute Gasteiger partial charge is 0.194 e. The van der Waals surface area contributed by atoms with Crippen LogP contribution in [0.25, 0.3) is 27.5 Å². The fourth-order valence-electron chi connectivity index (χ4n) is 2.74. The van der Waals surface area contributed by atoms with E-state index in [-0.39, 0.29) is 0 Å². The van der Waals surface area contributed by atoms with Crippen molar-refractivity contribution >= 4 is 16.3 Å². The highest BCUT2D eigenvalue weighted by Crippen LogP contribution is 2.32. The molecule has 0 bridgehead atoms. The fraction of sp³-hybridized carbons (Fsp3) is 0.118. The molecular weight excluding hydrogens is 306 g/mol. The maximum absolute atomic E-state index is 5.85. The number of imidazole rings is 1. The summed E-state index contributed by atoms with van der Waals surface area (Å²) in [5.74, 6) is 0. The van der Waals surface area contributed by atoms with Crippen LogP contribution in [0.3, 0.4) is 0 Å². The molecule has 0 atom stereocenters. The van der Waals surface area contributed by atoms with E-state index in [1.165, 1.54) is 0 Å². The molecule has 0 spiro atoms. The number of nitrogens with two attached hydrogens (primary N) is 1. The van der Waals surface area contributed by atoms with Gasteiger partial charge in [-0.15, -0.1) is 11.3 Å². The molecule has 2 N–H and O–H groups in total. The number of aromatic nitrogens is 4. The van der Waals surface area contributed by atoms with E-state index in [9.17, 15) is 0 Å². The van der Waals surface area contributed by atoms with E-state index in [4.69, 9.17) is 10.7 Å². The van der Waals surface area contributed by atoms with E-state index >= 15 is 0 Å². The van der Waals surface area contributed by atoms with Gasteiger partial charge in [0, 0.05) is 47.7 Å². The van der Waals surface area contributed by atoms with Gasteiger partial charge in [0.2, 0.25) is 0 Å². The zero-order valence-electron chi connectivity index (χ0n) is 12.4. The molecule has 0 aromatic carbocycles. The minimum absolute atomic E-state index is 0.578. The predicted molar refractivity (Wildman–Crippen MR) is 92.3 cm³/mol. The Bertz CT molecular complexity index is 928. The minimum Gasteiger partial charge on any atom is -0.330 e. The molecule has 0 unspecified atom stereocenters. The Morgan fingerprint density at radius 3 is 2.65 bits per heavy atom. The van der Waals surface area contributed by atoms with Crippen LogP contribution in [-0.2, 0) is 6.42 Å². The van der Waals surface area contributed by atoms with Crippen molar-refractivity contribution in [2.75, 3.05) is 6.54 Å². The summed E-state index contributed by atoms with van der Waals surface area (Å²) < 4.78 is 2.20. The molecule has 0 aliphatic carbocycles. The van der Waals surface area contributed by atoms with Crippen LogP contribution < -0.4 is 5.73 Å². The zero-order chi connectivity index (χ0) is 15.6. The van der Waals surface area contributed by atoms with E-state index in [0.717, 1.165) is 39.6 Å². The summed E-state index contributed by atoms with van der Waals surface area (Å²) in [5.41, 5.74) is 11.2. The van der Waals surface area contributed by atoms with Gasteiger partial charge in [0.25, 0.3) is 0 Å². The molecule has 0 saturated carbocycles. The lowest BCUT2D eigenvalue weighted by Gasteiger charge is -2.06. The molecule has 0 fully saturated rings. The Morgan fingerprint density at radius 2 is 1.91 bits per heavy atom. The maximum Gasteiger partial charge on any atom is 0.194 e. The molecule has 0 aliphatic heterocycles. The molecule has 0 amide bonds. The number of fused-ring (bicyclic) bond motifs is 1. The molecule has 4 rings (SSSR count). The van der Waals surface area contributed by atoms with Crippen molar-refractivity contribution in [2.24, 2.45) is 5.73 Å². The van der Waals surface area contributed by atoms with Gasteiger partial charge in [-0.2, -0.15) is 0 Å². The quantitative estimate of drug-likeness (QED) is 0.627. The second-order valence-electron chi connectivity index (χ2n) is 5.16. The average Bonchev–Trinajstić information content (AvgIpc) is 3.17. The highest BCUT2D eigenvalue weighted by Gasteiger charge is 2.18. The normalized spacial score (nSPS) is 11.2. The third kappa shape index (κ3) is 2.42. The van der Waals surface area contributed by atoms with E-state index in [1.807, 2.05) is 24.4 Å². The van der Waals surface area contributed by atoms with Crippen LogP contribution in [0.2, 0.25) is 0 Å². The predicted octanol–water partition coefficient (Wildman–Crippen LogP) is 3.02. The number of thiazole rings is 1. The van der Waals surface area contributed by atoms with Crippen LogP contribution in [0.15, 0.2) is 54.4 Å². The third-order valence-electron chi connectivity index (χ3n) is 3.75. The SMILES string of the molecule is NCCc1c(-c2ccncc2)nc2scc(-c3cccnc3)n12. The first-order valence-corrected chi connectivity index (χ1v) is 8.26. The van der Waals surface area contributed by atoms with Crippen LogP contribution in [0.5, 0.6) is 0 Å². The van der Waals surface area contributed by atoms with Crippen molar-refractivity contribution in [1.29, 1.82) is 0 Å². The molecule has 0 radical (unpaired) electrons. The topological polar surface area (TPSA) is 69.1 Å². The van der Waals surface area contributed by atoms with Gasteiger partial charge in [-0.3, -0.25) is 14.4 Å². The summed E-state index contributed by atoms with van der Waals surface area (Å²) in [6.07, 6.45) is 8.00. The number of hydrogen-bond donors (Lipinski definition) is 1. The molecule has 0 saturated heterocycles. The van der Waals surface area contributed by atoms with Crippen LogP contribution in [0.1, 0.15) is 5.69 Å². The van der Waals surface area contributed by atoms with Crippen LogP contribution in [-0.4, -0.2) is 25.9 Å². The summed E-state index contributed by atoms with van der Waals surface area (Å²) in [6, 6.07) is 7.97. The lowest BCUT2D eigenvalue weighted by molar-refractivity contribution is 0.913. The van der Waals surface area contributed by atoms with Crippen molar-refractivity contribution in [3.05, 3.63) is 60.1 Å². The number of rotatable bonds is 4. The van der Waals surface area contributed by atoms with Gasteiger partial charge in [-0.1, -0.05) is 0 Å². The summed E-state index contributed by atoms with van der Waals surface area (Å²) in [5, 5.41) is 2.12. The van der Waals surface area contributed by atoms with E-state index in [2.05, 4.69) is 25.8 Å². The number of pyridine rings is 2. The number of nitrogens with zero attached hydrogens (tertiary/aromatic N) is 4. The Hall–Kier alpha value is -2.57. The lowest BCUT2D eigenvalue weighted by atomic mass is 10.1. The molecule has 4 aromatic rings. The molecule has 4 heterocycles. The number of hydrogen-bond acceptors (Lipinski definition) is 5. The molecule has 0 aliphatic rings. The Kier molecular flexibility index (Phi) is 3.61. The maximum atomic E-state index is 5.85. The van der Waals surface area contributed by atoms with E-state index in [1.54, 1.807) is 29.9 Å². The molecule has 4 aromatic heterocycles. The van der Waals surface area contributed by atoms with Crippen molar-refractivity contribution in [1.82, 2.24) is 19.4 Å². The van der Waals surface area contributed by atoms with Crippen molar-refractivity contribution in [3.63, 3.8) is 0 Å². The van der Waals surface area contributed by atoms with Crippen LogP contribution >= 0.6 is 11.3 Å². The highest BCUT2D eigenvalue weighted by molar-refractivity contribution is 7.15. The van der Waals surface area contributed by atoms with Crippen molar-refractivity contribution in [2.45, 2.75) is 6.42 Å². The lowest BCUT2D eigenvalue weighted by Crippen LogP contribution is -2.06. The van der Waals surface area contributed by atoms with Gasteiger partial charge in [0.05, 0.1) is 17.1 Å². The first-order valence-electron chi connectivity index (χ1n) is 7.38. The standard InChI is InChI=1S/C17H15N5S/c18-6-3-14-16(12-4-8-19-9-5-12)21-17-22(14)15(11-23-17)13-2-1-7-20-10-13/h1-2,4-5,7-11H,3,6,18H2. The Morgan fingerprint density at radius 1 is 1.04 bits per heavy atom. The third-order valence-corrected chi connectivity index (χ3v) is 4.58. The van der Waals surface area contributed by atoms with Gasteiger partial charge < -0.3 is 5.73 Å².